The topological polar surface area (TPSA) is 98.7 Å². The average molecular weight is 391 g/mol. The van der Waals surface area contributed by atoms with E-state index >= 15 is 0 Å². The Morgan fingerprint density at radius 1 is 1.33 bits per heavy atom. The summed E-state index contributed by atoms with van der Waals surface area (Å²) >= 11 is 5.99. The molecule has 142 valence electrons. The van der Waals surface area contributed by atoms with Gasteiger partial charge in [-0.25, -0.2) is 0 Å². The van der Waals surface area contributed by atoms with Gasteiger partial charge in [0.25, 0.3) is 5.56 Å². The minimum absolute atomic E-state index is 0.0107. The molecule has 3 aromatic rings. The Balaban J connectivity index is 2.22. The highest BCUT2D eigenvalue weighted by Crippen LogP contribution is 2.31. The number of hydrogen-bond donors (Lipinski definition) is 1. The Labute approximate surface area is 160 Å². The number of aromatic nitrogens is 4. The Bertz CT molecular complexity index is 1060. The zero-order chi connectivity index (χ0) is 19.7. The molecule has 0 aliphatic heterocycles. The summed E-state index contributed by atoms with van der Waals surface area (Å²) in [5.74, 6) is -1.72. The SMILES string of the molecule is COC(=O)C[C@@H](c1cnn(C(C)C)c1)c1c(O)nc2ccc(Cl)cn2c1=O. The molecule has 0 aliphatic carbocycles. The fourth-order valence-corrected chi connectivity index (χ4v) is 3.03. The largest absolute Gasteiger partial charge is 0.493 e. The van der Waals surface area contributed by atoms with E-state index in [1.807, 2.05) is 13.8 Å². The van der Waals surface area contributed by atoms with Crippen molar-refractivity contribution in [3.8, 4) is 5.88 Å². The third-order valence-electron chi connectivity index (χ3n) is 4.30. The molecule has 8 nitrogen and oxygen atoms in total. The number of fused-ring (bicyclic) bond motifs is 1. The van der Waals surface area contributed by atoms with Gasteiger partial charge in [0.15, 0.2) is 0 Å². The lowest BCUT2D eigenvalue weighted by atomic mass is 9.91. The predicted octanol–water partition coefficient (Wildman–Crippen LogP) is 2.53. The number of rotatable bonds is 5. The van der Waals surface area contributed by atoms with E-state index < -0.39 is 23.3 Å². The van der Waals surface area contributed by atoms with Crippen LogP contribution in [0.25, 0.3) is 5.65 Å². The molecule has 3 rings (SSSR count). The summed E-state index contributed by atoms with van der Waals surface area (Å²) in [5, 5.41) is 15.1. The molecule has 0 fully saturated rings. The quantitative estimate of drug-likeness (QED) is 0.672. The number of carbonyl (C=O) groups excluding carboxylic acids is 1. The summed E-state index contributed by atoms with van der Waals surface area (Å²) in [7, 11) is 1.27. The van der Waals surface area contributed by atoms with E-state index in [4.69, 9.17) is 16.3 Å². The van der Waals surface area contributed by atoms with Gasteiger partial charge in [-0.1, -0.05) is 11.6 Å². The van der Waals surface area contributed by atoms with Gasteiger partial charge in [-0.2, -0.15) is 10.1 Å². The number of halogens is 1. The van der Waals surface area contributed by atoms with Crippen LogP contribution in [-0.4, -0.2) is 37.4 Å². The van der Waals surface area contributed by atoms with Crippen molar-refractivity contribution in [2.75, 3.05) is 7.11 Å². The Morgan fingerprint density at radius 2 is 2.07 bits per heavy atom. The Morgan fingerprint density at radius 3 is 2.70 bits per heavy atom. The van der Waals surface area contributed by atoms with E-state index in [0.29, 0.717) is 10.6 Å². The summed E-state index contributed by atoms with van der Waals surface area (Å²) in [6.07, 6.45) is 4.59. The van der Waals surface area contributed by atoms with Crippen LogP contribution in [0.5, 0.6) is 5.88 Å². The van der Waals surface area contributed by atoms with Crippen molar-refractivity contribution in [3.05, 3.63) is 57.2 Å². The molecule has 3 heterocycles. The Hall–Kier alpha value is -2.87. The summed E-state index contributed by atoms with van der Waals surface area (Å²) in [6, 6.07) is 3.20. The standard InChI is InChI=1S/C18H19ClN4O4/c1-10(2)23-8-11(7-20-23)13(6-15(24)27-3)16-17(25)21-14-5-4-12(19)9-22(14)18(16)26/h4-5,7-10,13,25H,6H2,1-3H3/t13-/m0/s1. The zero-order valence-corrected chi connectivity index (χ0v) is 15.8. The highest BCUT2D eigenvalue weighted by atomic mass is 35.5. The van der Waals surface area contributed by atoms with E-state index in [9.17, 15) is 14.7 Å². The van der Waals surface area contributed by atoms with Gasteiger partial charge in [-0.15, -0.1) is 0 Å². The smallest absolute Gasteiger partial charge is 0.306 e. The predicted molar refractivity (Wildman–Crippen MR) is 99.2 cm³/mol. The molecule has 0 saturated heterocycles. The van der Waals surface area contributed by atoms with Crippen molar-refractivity contribution >= 4 is 23.2 Å². The van der Waals surface area contributed by atoms with Crippen LogP contribution < -0.4 is 5.56 Å². The van der Waals surface area contributed by atoms with Crippen LogP contribution in [0.2, 0.25) is 5.02 Å². The highest BCUT2D eigenvalue weighted by molar-refractivity contribution is 6.30. The van der Waals surface area contributed by atoms with Crippen LogP contribution in [0.4, 0.5) is 0 Å². The molecule has 1 N–H and O–H groups in total. The lowest BCUT2D eigenvalue weighted by Crippen LogP contribution is -2.24. The van der Waals surface area contributed by atoms with Gasteiger partial charge in [-0.3, -0.25) is 18.7 Å². The zero-order valence-electron chi connectivity index (χ0n) is 15.1. The van der Waals surface area contributed by atoms with E-state index in [1.54, 1.807) is 23.1 Å². The van der Waals surface area contributed by atoms with Gasteiger partial charge >= 0.3 is 5.97 Å². The first-order valence-electron chi connectivity index (χ1n) is 8.33. The molecule has 1 atom stereocenters. The van der Waals surface area contributed by atoms with Crippen LogP contribution in [-0.2, 0) is 9.53 Å². The number of ether oxygens (including phenoxy) is 1. The van der Waals surface area contributed by atoms with E-state index in [2.05, 4.69) is 10.1 Å². The first kappa shape index (κ1) is 18.9. The molecule has 0 unspecified atom stereocenters. The van der Waals surface area contributed by atoms with Crippen molar-refractivity contribution in [1.29, 1.82) is 0 Å². The van der Waals surface area contributed by atoms with Crippen LogP contribution in [0.1, 0.15) is 43.4 Å². The maximum atomic E-state index is 13.1. The highest BCUT2D eigenvalue weighted by Gasteiger charge is 2.28. The monoisotopic (exact) mass is 390 g/mol. The minimum atomic E-state index is -0.763. The van der Waals surface area contributed by atoms with Crippen LogP contribution in [0, 0.1) is 0 Å². The third-order valence-corrected chi connectivity index (χ3v) is 4.52. The molecule has 0 bridgehead atoms. The minimum Gasteiger partial charge on any atom is -0.493 e. The van der Waals surface area contributed by atoms with Crippen LogP contribution in [0.3, 0.4) is 0 Å². The van der Waals surface area contributed by atoms with Crippen LogP contribution >= 0.6 is 11.6 Å². The number of aromatic hydroxyl groups is 1. The second-order valence-corrected chi connectivity index (χ2v) is 6.85. The van der Waals surface area contributed by atoms with Gasteiger partial charge in [-0.05, 0) is 31.5 Å². The summed E-state index contributed by atoms with van der Waals surface area (Å²) < 4.78 is 7.72. The molecule has 0 radical (unpaired) electrons. The van der Waals surface area contributed by atoms with Crippen LogP contribution in [0.15, 0.2) is 35.5 Å². The molecule has 0 aromatic carbocycles. The molecule has 0 amide bonds. The first-order chi connectivity index (χ1) is 12.8. The molecule has 0 saturated carbocycles. The molecule has 9 heteroatoms. The number of pyridine rings is 1. The second kappa shape index (κ2) is 7.40. The van der Waals surface area contributed by atoms with Gasteiger partial charge in [0.2, 0.25) is 5.88 Å². The fourth-order valence-electron chi connectivity index (χ4n) is 2.87. The van der Waals surface area contributed by atoms with Gasteiger partial charge in [0.05, 0.1) is 30.3 Å². The normalized spacial score (nSPS) is 12.5. The van der Waals surface area contributed by atoms with Crippen molar-refractivity contribution in [2.45, 2.75) is 32.2 Å². The van der Waals surface area contributed by atoms with Gasteiger partial charge < -0.3 is 9.84 Å². The summed E-state index contributed by atoms with van der Waals surface area (Å²) in [4.78, 5) is 29.1. The number of methoxy groups -OCH3 is 1. The number of carbonyl (C=O) groups is 1. The number of esters is 1. The summed E-state index contributed by atoms with van der Waals surface area (Å²) in [6.45, 7) is 3.91. The molecular formula is C18H19ClN4O4. The maximum Gasteiger partial charge on any atom is 0.306 e. The van der Waals surface area contributed by atoms with E-state index in [0.717, 1.165) is 0 Å². The molecule has 3 aromatic heterocycles. The lowest BCUT2D eigenvalue weighted by molar-refractivity contribution is -0.140. The lowest BCUT2D eigenvalue weighted by Gasteiger charge is -2.16. The van der Waals surface area contributed by atoms with Gasteiger partial charge in [0, 0.05) is 24.4 Å². The third kappa shape index (κ3) is 3.66. The maximum absolute atomic E-state index is 13.1. The van der Waals surface area contributed by atoms with Gasteiger partial charge in [0.1, 0.15) is 5.65 Å². The Kier molecular flexibility index (Phi) is 5.18. The second-order valence-electron chi connectivity index (χ2n) is 6.41. The fraction of sp³-hybridized carbons (Fsp3) is 0.333. The van der Waals surface area contributed by atoms with Crippen molar-refractivity contribution in [1.82, 2.24) is 19.2 Å². The van der Waals surface area contributed by atoms with Crippen molar-refractivity contribution in [3.63, 3.8) is 0 Å². The summed E-state index contributed by atoms with van der Waals surface area (Å²) in [5.41, 5.74) is 0.334. The molecular weight excluding hydrogens is 372 g/mol. The number of hydrogen-bond acceptors (Lipinski definition) is 6. The van der Waals surface area contributed by atoms with Crippen molar-refractivity contribution < 1.29 is 14.6 Å². The van der Waals surface area contributed by atoms with Crippen molar-refractivity contribution in [2.24, 2.45) is 0 Å². The number of nitrogens with zero attached hydrogens (tertiary/aromatic N) is 4. The molecule has 27 heavy (non-hydrogen) atoms. The average Bonchev–Trinajstić information content (AvgIpc) is 3.11. The van der Waals surface area contributed by atoms with E-state index in [1.165, 1.54) is 23.8 Å². The molecule has 0 aliphatic rings. The molecule has 0 spiro atoms. The first-order valence-corrected chi connectivity index (χ1v) is 8.71. The van der Waals surface area contributed by atoms with E-state index in [-0.39, 0.29) is 23.7 Å².